The van der Waals surface area contributed by atoms with Crippen molar-refractivity contribution in [3.63, 3.8) is 0 Å². The number of nitrogens with one attached hydrogen (secondary N) is 1. The van der Waals surface area contributed by atoms with Crippen molar-refractivity contribution in [2.45, 2.75) is 38.2 Å². The second kappa shape index (κ2) is 4.94. The number of hydrogen-bond acceptors (Lipinski definition) is 4. The van der Waals surface area contributed by atoms with E-state index in [-0.39, 0.29) is 10.6 Å². The van der Waals surface area contributed by atoms with E-state index in [1.54, 1.807) is 19.1 Å². The first-order valence-corrected chi connectivity index (χ1v) is 6.21. The van der Waals surface area contributed by atoms with Crippen molar-refractivity contribution in [3.8, 4) is 0 Å². The molecule has 2 rings (SSSR count). The SMILES string of the molecule is Cc1cc(NCC2(O)CCCC2)ccc1[N+](=O)[O-]. The average Bonchev–Trinajstić information content (AvgIpc) is 2.74. The number of aliphatic hydroxyl groups is 1. The van der Waals surface area contributed by atoms with Gasteiger partial charge in [0.05, 0.1) is 10.5 Å². The minimum atomic E-state index is -0.615. The van der Waals surface area contributed by atoms with E-state index < -0.39 is 5.60 Å². The Morgan fingerprint density at radius 2 is 2.11 bits per heavy atom. The number of nitrogens with zero attached hydrogens (tertiary/aromatic N) is 1. The third-order valence-electron chi connectivity index (χ3n) is 3.55. The van der Waals surface area contributed by atoms with Crippen LogP contribution >= 0.6 is 0 Å². The highest BCUT2D eigenvalue weighted by molar-refractivity contribution is 5.53. The van der Waals surface area contributed by atoms with Crippen molar-refractivity contribution in [2.24, 2.45) is 0 Å². The van der Waals surface area contributed by atoms with Crippen LogP contribution in [-0.2, 0) is 0 Å². The van der Waals surface area contributed by atoms with Gasteiger partial charge in [-0.05, 0) is 31.9 Å². The van der Waals surface area contributed by atoms with Crippen LogP contribution in [0.2, 0.25) is 0 Å². The Hall–Kier alpha value is -1.62. The Morgan fingerprint density at radius 1 is 1.44 bits per heavy atom. The van der Waals surface area contributed by atoms with Crippen LogP contribution in [0, 0.1) is 17.0 Å². The highest BCUT2D eigenvalue weighted by atomic mass is 16.6. The second-order valence-electron chi connectivity index (χ2n) is 5.04. The highest BCUT2D eigenvalue weighted by Crippen LogP contribution is 2.30. The lowest BCUT2D eigenvalue weighted by atomic mass is 10.0. The monoisotopic (exact) mass is 250 g/mol. The molecule has 0 amide bonds. The molecule has 0 aliphatic heterocycles. The molecule has 0 bridgehead atoms. The van der Waals surface area contributed by atoms with E-state index in [9.17, 15) is 15.2 Å². The molecule has 1 aliphatic rings. The minimum Gasteiger partial charge on any atom is -0.388 e. The van der Waals surface area contributed by atoms with Crippen LogP contribution in [0.3, 0.4) is 0 Å². The van der Waals surface area contributed by atoms with Gasteiger partial charge >= 0.3 is 0 Å². The molecule has 0 radical (unpaired) electrons. The van der Waals surface area contributed by atoms with Crippen LogP contribution in [-0.4, -0.2) is 22.2 Å². The first-order valence-electron chi connectivity index (χ1n) is 6.21. The van der Waals surface area contributed by atoms with Crippen LogP contribution in [0.5, 0.6) is 0 Å². The normalized spacial score (nSPS) is 17.7. The molecule has 1 fully saturated rings. The molecule has 5 heteroatoms. The molecule has 0 saturated heterocycles. The largest absolute Gasteiger partial charge is 0.388 e. The summed E-state index contributed by atoms with van der Waals surface area (Å²) in [5.74, 6) is 0. The number of hydrogen-bond donors (Lipinski definition) is 2. The maximum atomic E-state index is 10.7. The third kappa shape index (κ3) is 2.79. The lowest BCUT2D eigenvalue weighted by molar-refractivity contribution is -0.385. The van der Waals surface area contributed by atoms with Crippen LogP contribution in [0.25, 0.3) is 0 Å². The zero-order valence-electron chi connectivity index (χ0n) is 10.5. The lowest BCUT2D eigenvalue weighted by Gasteiger charge is -2.23. The summed E-state index contributed by atoms with van der Waals surface area (Å²) < 4.78 is 0. The van der Waals surface area contributed by atoms with Crippen LogP contribution in [0.4, 0.5) is 11.4 Å². The highest BCUT2D eigenvalue weighted by Gasteiger charge is 2.30. The first kappa shape index (κ1) is 12.8. The standard InChI is InChI=1S/C13H18N2O3/c1-10-8-11(4-5-12(10)15(17)18)14-9-13(16)6-2-3-7-13/h4-5,8,14,16H,2-3,6-7,9H2,1H3. The lowest BCUT2D eigenvalue weighted by Crippen LogP contribution is -2.33. The summed E-state index contributed by atoms with van der Waals surface area (Å²) in [5.41, 5.74) is 0.956. The molecule has 0 heterocycles. The molecule has 18 heavy (non-hydrogen) atoms. The molecule has 0 atom stereocenters. The van der Waals surface area contributed by atoms with E-state index in [1.165, 1.54) is 6.07 Å². The maximum absolute atomic E-state index is 10.7. The van der Waals surface area contributed by atoms with E-state index in [2.05, 4.69) is 5.32 Å². The topological polar surface area (TPSA) is 75.4 Å². The number of nitro groups is 1. The van der Waals surface area contributed by atoms with Gasteiger partial charge in [0, 0.05) is 23.9 Å². The van der Waals surface area contributed by atoms with Crippen molar-refractivity contribution in [1.29, 1.82) is 0 Å². The third-order valence-corrected chi connectivity index (χ3v) is 3.55. The van der Waals surface area contributed by atoms with Gasteiger partial charge in [-0.2, -0.15) is 0 Å². The molecule has 1 aromatic rings. The summed E-state index contributed by atoms with van der Waals surface area (Å²) in [5, 5.41) is 24.1. The Morgan fingerprint density at radius 3 is 2.67 bits per heavy atom. The van der Waals surface area contributed by atoms with Gasteiger partial charge in [0.1, 0.15) is 0 Å². The smallest absolute Gasteiger partial charge is 0.272 e. The molecule has 1 aromatic carbocycles. The fraction of sp³-hybridized carbons (Fsp3) is 0.538. The number of benzene rings is 1. The second-order valence-corrected chi connectivity index (χ2v) is 5.04. The van der Waals surface area contributed by atoms with Crippen molar-refractivity contribution in [1.82, 2.24) is 0 Å². The van der Waals surface area contributed by atoms with Crippen molar-refractivity contribution < 1.29 is 10.0 Å². The summed E-state index contributed by atoms with van der Waals surface area (Å²) in [4.78, 5) is 10.3. The van der Waals surface area contributed by atoms with E-state index in [0.29, 0.717) is 12.1 Å². The van der Waals surface area contributed by atoms with E-state index >= 15 is 0 Å². The minimum absolute atomic E-state index is 0.125. The van der Waals surface area contributed by atoms with Crippen LogP contribution in [0.15, 0.2) is 18.2 Å². The maximum Gasteiger partial charge on any atom is 0.272 e. The summed E-state index contributed by atoms with van der Waals surface area (Å²) in [7, 11) is 0. The number of nitro benzene ring substituents is 1. The Bertz CT molecular complexity index is 454. The van der Waals surface area contributed by atoms with Gasteiger partial charge in [-0.3, -0.25) is 10.1 Å². The van der Waals surface area contributed by atoms with Crippen LogP contribution in [0.1, 0.15) is 31.2 Å². The van der Waals surface area contributed by atoms with Crippen molar-refractivity contribution >= 4 is 11.4 Å². The van der Waals surface area contributed by atoms with Crippen LogP contribution < -0.4 is 5.32 Å². The summed E-state index contributed by atoms with van der Waals surface area (Å²) in [6.45, 7) is 2.22. The van der Waals surface area contributed by atoms with E-state index in [4.69, 9.17) is 0 Å². The summed E-state index contributed by atoms with van der Waals surface area (Å²) >= 11 is 0. The number of anilines is 1. The zero-order chi connectivity index (χ0) is 13.2. The molecule has 0 spiro atoms. The number of rotatable bonds is 4. The average molecular weight is 250 g/mol. The zero-order valence-corrected chi connectivity index (χ0v) is 10.5. The van der Waals surface area contributed by atoms with Gasteiger partial charge in [0.15, 0.2) is 0 Å². The van der Waals surface area contributed by atoms with Gasteiger partial charge in [-0.25, -0.2) is 0 Å². The van der Waals surface area contributed by atoms with Gasteiger partial charge in [-0.15, -0.1) is 0 Å². The van der Waals surface area contributed by atoms with E-state index in [1.807, 2.05) is 0 Å². The molecule has 0 aromatic heterocycles. The molecule has 2 N–H and O–H groups in total. The molecule has 0 unspecified atom stereocenters. The molecule has 1 saturated carbocycles. The predicted octanol–water partition coefficient (Wildman–Crippen LogP) is 2.62. The Labute approximate surface area is 106 Å². The summed E-state index contributed by atoms with van der Waals surface area (Å²) in [6.07, 6.45) is 3.78. The van der Waals surface area contributed by atoms with E-state index in [0.717, 1.165) is 31.4 Å². The predicted molar refractivity (Wildman–Crippen MR) is 69.7 cm³/mol. The molecule has 98 valence electrons. The Kier molecular flexibility index (Phi) is 3.52. The molecule has 1 aliphatic carbocycles. The van der Waals surface area contributed by atoms with Gasteiger partial charge < -0.3 is 10.4 Å². The fourth-order valence-corrected chi connectivity index (χ4v) is 2.45. The van der Waals surface area contributed by atoms with Crippen molar-refractivity contribution in [3.05, 3.63) is 33.9 Å². The van der Waals surface area contributed by atoms with Gasteiger partial charge in [0.2, 0.25) is 0 Å². The van der Waals surface area contributed by atoms with Gasteiger partial charge in [0.25, 0.3) is 5.69 Å². The first-order chi connectivity index (χ1) is 8.50. The summed E-state index contributed by atoms with van der Waals surface area (Å²) in [6, 6.07) is 4.93. The molecular weight excluding hydrogens is 232 g/mol. The Balaban J connectivity index is 2.02. The van der Waals surface area contributed by atoms with Crippen molar-refractivity contribution in [2.75, 3.05) is 11.9 Å². The molecule has 5 nitrogen and oxygen atoms in total. The van der Waals surface area contributed by atoms with Gasteiger partial charge in [-0.1, -0.05) is 12.8 Å². The quantitative estimate of drug-likeness (QED) is 0.636. The number of aryl methyl sites for hydroxylation is 1. The fourth-order valence-electron chi connectivity index (χ4n) is 2.45. The molecular formula is C13H18N2O3.